The molecule has 1 saturated heterocycles. The molecule has 2 rings (SSSR count). The molecule has 0 amide bonds. The molecular weight excluding hydrogens is 250 g/mol. The summed E-state index contributed by atoms with van der Waals surface area (Å²) in [6, 6.07) is 7.56. The largest absolute Gasteiger partial charge is 0.369 e. The van der Waals surface area contributed by atoms with Gasteiger partial charge in [0, 0.05) is 19.1 Å². The van der Waals surface area contributed by atoms with Gasteiger partial charge in [-0.25, -0.2) is 13.1 Å². The van der Waals surface area contributed by atoms with E-state index in [0.717, 1.165) is 25.2 Å². The van der Waals surface area contributed by atoms with E-state index in [-0.39, 0.29) is 0 Å². The summed E-state index contributed by atoms with van der Waals surface area (Å²) < 4.78 is 26.3. The third kappa shape index (κ3) is 2.50. The second kappa shape index (κ2) is 5.26. The van der Waals surface area contributed by atoms with Crippen LogP contribution in [-0.2, 0) is 10.0 Å². The average Bonchev–Trinajstić information content (AvgIpc) is 2.87. The highest BCUT2D eigenvalue weighted by Gasteiger charge is 2.26. The highest BCUT2D eigenvalue weighted by Crippen LogP contribution is 2.27. The molecular formula is C12H19N3O2S. The van der Waals surface area contributed by atoms with Gasteiger partial charge in [-0.05, 0) is 32.6 Å². The molecule has 1 unspecified atom stereocenters. The SMILES string of the molecule is CNC1CCN(c2ccccc2S(=O)(=O)NC)C1. The lowest BCUT2D eigenvalue weighted by Crippen LogP contribution is -2.30. The van der Waals surface area contributed by atoms with Crippen LogP contribution in [0.5, 0.6) is 0 Å². The number of anilines is 1. The molecule has 1 aliphatic heterocycles. The molecule has 1 heterocycles. The third-order valence-electron chi connectivity index (χ3n) is 3.36. The van der Waals surface area contributed by atoms with E-state index in [1.165, 1.54) is 7.05 Å². The van der Waals surface area contributed by atoms with E-state index in [1.54, 1.807) is 12.1 Å². The summed E-state index contributed by atoms with van der Waals surface area (Å²) in [6.07, 6.45) is 1.03. The van der Waals surface area contributed by atoms with Gasteiger partial charge in [-0.3, -0.25) is 0 Å². The average molecular weight is 269 g/mol. The Labute approximate surface area is 108 Å². The first-order chi connectivity index (χ1) is 8.58. The van der Waals surface area contributed by atoms with Gasteiger partial charge in [0.2, 0.25) is 10.0 Å². The predicted octanol–water partition coefficient (Wildman–Crippen LogP) is 0.393. The van der Waals surface area contributed by atoms with Crippen molar-refractivity contribution in [3.63, 3.8) is 0 Å². The minimum atomic E-state index is -3.40. The van der Waals surface area contributed by atoms with E-state index in [2.05, 4.69) is 14.9 Å². The number of para-hydroxylation sites is 1. The van der Waals surface area contributed by atoms with Gasteiger partial charge in [0.25, 0.3) is 0 Å². The fraction of sp³-hybridized carbons (Fsp3) is 0.500. The molecule has 2 N–H and O–H groups in total. The molecule has 18 heavy (non-hydrogen) atoms. The Hall–Kier alpha value is -1.11. The number of nitrogens with one attached hydrogen (secondary N) is 2. The van der Waals surface area contributed by atoms with E-state index in [9.17, 15) is 8.42 Å². The topological polar surface area (TPSA) is 61.4 Å². The molecule has 0 radical (unpaired) electrons. The summed E-state index contributed by atoms with van der Waals surface area (Å²) >= 11 is 0. The maximum Gasteiger partial charge on any atom is 0.242 e. The maximum atomic E-state index is 12.0. The minimum Gasteiger partial charge on any atom is -0.369 e. The van der Waals surface area contributed by atoms with Crippen LogP contribution in [0.4, 0.5) is 5.69 Å². The second-order valence-electron chi connectivity index (χ2n) is 4.40. The van der Waals surface area contributed by atoms with Crippen LogP contribution in [0.1, 0.15) is 6.42 Å². The Bertz CT molecular complexity index is 516. The number of likely N-dealkylation sites (N-methyl/N-ethyl adjacent to an activating group) is 1. The zero-order chi connectivity index (χ0) is 13.2. The standard InChI is InChI=1S/C12H19N3O2S/c1-13-10-7-8-15(9-10)11-5-3-4-6-12(11)18(16,17)14-2/h3-6,10,13-14H,7-9H2,1-2H3. The van der Waals surface area contributed by atoms with Crippen LogP contribution >= 0.6 is 0 Å². The molecule has 0 aliphatic carbocycles. The highest BCUT2D eigenvalue weighted by molar-refractivity contribution is 7.89. The van der Waals surface area contributed by atoms with Crippen molar-refractivity contribution in [2.45, 2.75) is 17.4 Å². The van der Waals surface area contributed by atoms with Gasteiger partial charge >= 0.3 is 0 Å². The number of benzene rings is 1. The highest BCUT2D eigenvalue weighted by atomic mass is 32.2. The number of hydrogen-bond acceptors (Lipinski definition) is 4. The number of nitrogens with zero attached hydrogens (tertiary/aromatic N) is 1. The Morgan fingerprint density at radius 1 is 1.28 bits per heavy atom. The summed E-state index contributed by atoms with van der Waals surface area (Å²) in [5.74, 6) is 0. The van der Waals surface area contributed by atoms with Crippen LogP contribution in [0.15, 0.2) is 29.2 Å². The first kappa shape index (κ1) is 13.3. The summed E-state index contributed by atoms with van der Waals surface area (Å²) in [5, 5.41) is 3.23. The van der Waals surface area contributed by atoms with Crippen LogP contribution in [0.25, 0.3) is 0 Å². The number of sulfonamides is 1. The lowest BCUT2D eigenvalue weighted by Gasteiger charge is -2.21. The molecule has 0 bridgehead atoms. The minimum absolute atomic E-state index is 0.351. The Morgan fingerprint density at radius 2 is 2.00 bits per heavy atom. The third-order valence-corrected chi connectivity index (χ3v) is 4.82. The predicted molar refractivity (Wildman–Crippen MR) is 72.4 cm³/mol. The van der Waals surface area contributed by atoms with Crippen molar-refractivity contribution in [3.05, 3.63) is 24.3 Å². The van der Waals surface area contributed by atoms with Crippen LogP contribution in [-0.4, -0.2) is 41.6 Å². The van der Waals surface area contributed by atoms with Crippen molar-refractivity contribution in [1.82, 2.24) is 10.0 Å². The smallest absolute Gasteiger partial charge is 0.242 e. The van der Waals surface area contributed by atoms with Crippen molar-refractivity contribution in [3.8, 4) is 0 Å². The zero-order valence-corrected chi connectivity index (χ0v) is 11.5. The van der Waals surface area contributed by atoms with Crippen LogP contribution in [0.3, 0.4) is 0 Å². The van der Waals surface area contributed by atoms with Crippen molar-refractivity contribution < 1.29 is 8.42 Å². The lowest BCUT2D eigenvalue weighted by molar-refractivity contribution is 0.587. The molecule has 1 atom stereocenters. The first-order valence-electron chi connectivity index (χ1n) is 6.03. The molecule has 100 valence electrons. The van der Waals surface area contributed by atoms with E-state index >= 15 is 0 Å². The molecule has 1 aromatic carbocycles. The molecule has 1 aromatic rings. The van der Waals surface area contributed by atoms with E-state index in [0.29, 0.717) is 10.9 Å². The normalized spacial score (nSPS) is 20.3. The fourth-order valence-electron chi connectivity index (χ4n) is 2.27. The van der Waals surface area contributed by atoms with Gasteiger partial charge in [-0.15, -0.1) is 0 Å². The van der Waals surface area contributed by atoms with E-state index in [1.807, 2.05) is 19.2 Å². The Morgan fingerprint density at radius 3 is 2.61 bits per heavy atom. The molecule has 0 aromatic heterocycles. The summed E-state index contributed by atoms with van der Waals surface area (Å²) in [7, 11) is -0.0306. The monoisotopic (exact) mass is 269 g/mol. The molecule has 1 aliphatic rings. The Balaban J connectivity index is 2.35. The van der Waals surface area contributed by atoms with E-state index < -0.39 is 10.0 Å². The number of hydrogen-bond donors (Lipinski definition) is 2. The molecule has 5 nitrogen and oxygen atoms in total. The van der Waals surface area contributed by atoms with Gasteiger partial charge in [0.1, 0.15) is 4.90 Å². The van der Waals surface area contributed by atoms with Crippen molar-refractivity contribution in [2.75, 3.05) is 32.1 Å². The van der Waals surface area contributed by atoms with Gasteiger partial charge < -0.3 is 10.2 Å². The van der Waals surface area contributed by atoms with Crippen molar-refractivity contribution in [2.24, 2.45) is 0 Å². The second-order valence-corrected chi connectivity index (χ2v) is 6.25. The summed E-state index contributed by atoms with van der Waals surface area (Å²) in [5.41, 5.74) is 0.782. The lowest BCUT2D eigenvalue weighted by atomic mass is 10.3. The molecule has 1 fully saturated rings. The first-order valence-corrected chi connectivity index (χ1v) is 7.51. The van der Waals surface area contributed by atoms with Crippen LogP contribution in [0, 0.1) is 0 Å². The molecule has 0 spiro atoms. The van der Waals surface area contributed by atoms with Crippen LogP contribution < -0.4 is 14.9 Å². The molecule has 0 saturated carbocycles. The van der Waals surface area contributed by atoms with Crippen molar-refractivity contribution in [1.29, 1.82) is 0 Å². The van der Waals surface area contributed by atoms with E-state index in [4.69, 9.17) is 0 Å². The summed E-state index contributed by atoms with van der Waals surface area (Å²) in [4.78, 5) is 2.47. The summed E-state index contributed by atoms with van der Waals surface area (Å²) in [6.45, 7) is 1.72. The van der Waals surface area contributed by atoms with Gasteiger partial charge in [-0.2, -0.15) is 0 Å². The number of rotatable bonds is 4. The quantitative estimate of drug-likeness (QED) is 0.830. The Kier molecular flexibility index (Phi) is 3.89. The van der Waals surface area contributed by atoms with Crippen molar-refractivity contribution >= 4 is 15.7 Å². The van der Waals surface area contributed by atoms with Crippen LogP contribution in [0.2, 0.25) is 0 Å². The fourth-order valence-corrected chi connectivity index (χ4v) is 3.22. The van der Waals surface area contributed by atoms with Gasteiger partial charge in [0.05, 0.1) is 5.69 Å². The zero-order valence-electron chi connectivity index (χ0n) is 10.7. The maximum absolute atomic E-state index is 12.0. The molecule has 6 heteroatoms. The van der Waals surface area contributed by atoms with Gasteiger partial charge in [0.15, 0.2) is 0 Å². The van der Waals surface area contributed by atoms with Gasteiger partial charge in [-0.1, -0.05) is 12.1 Å².